The highest BCUT2D eigenvalue weighted by Crippen LogP contribution is 2.30. The van der Waals surface area contributed by atoms with E-state index >= 15 is 0 Å². The number of hydrogen-bond donors (Lipinski definition) is 0. The van der Waals surface area contributed by atoms with Crippen molar-refractivity contribution in [2.75, 3.05) is 13.2 Å². The first kappa shape index (κ1) is 13.3. The lowest BCUT2D eigenvalue weighted by molar-refractivity contribution is -0.141. The Balaban J connectivity index is 1.66. The summed E-state index contributed by atoms with van der Waals surface area (Å²) in [6.07, 6.45) is 3.09. The minimum atomic E-state index is -0.170. The van der Waals surface area contributed by atoms with Gasteiger partial charge in [-0.05, 0) is 12.8 Å². The van der Waals surface area contributed by atoms with Crippen molar-refractivity contribution >= 4 is 17.3 Å². The lowest BCUT2D eigenvalue weighted by atomic mass is 10.0. The number of carbonyl (C=O) groups is 1. The van der Waals surface area contributed by atoms with Gasteiger partial charge >= 0.3 is 5.97 Å². The molecule has 4 nitrogen and oxygen atoms in total. The van der Waals surface area contributed by atoms with E-state index in [1.54, 1.807) is 6.20 Å². The molecule has 2 aromatic rings. The quantitative estimate of drug-likeness (QED) is 0.814. The molecular weight excluding hydrogens is 274 g/mol. The zero-order valence-corrected chi connectivity index (χ0v) is 11.8. The Morgan fingerprint density at radius 1 is 1.25 bits per heavy atom. The number of ether oxygens (including phenoxy) is 2. The Bertz CT molecular complexity index is 576. The molecule has 0 atom stereocenters. The third-order valence-electron chi connectivity index (χ3n) is 3.26. The Labute approximate surface area is 121 Å². The van der Waals surface area contributed by atoms with Crippen LogP contribution < -0.4 is 4.74 Å². The van der Waals surface area contributed by atoms with Gasteiger partial charge in [0.25, 0.3) is 0 Å². The zero-order valence-electron chi connectivity index (χ0n) is 11.0. The molecule has 1 aliphatic rings. The molecule has 3 rings (SSSR count). The molecular formula is C15H15NO3S. The number of nitrogens with zero attached hydrogens (tertiary/aromatic N) is 1. The minimum absolute atomic E-state index is 0.0500. The van der Waals surface area contributed by atoms with Gasteiger partial charge in [-0.25, -0.2) is 4.98 Å². The number of thiazole rings is 1. The van der Waals surface area contributed by atoms with E-state index in [4.69, 9.17) is 9.47 Å². The van der Waals surface area contributed by atoms with Crippen molar-refractivity contribution in [1.82, 2.24) is 4.98 Å². The molecule has 5 heteroatoms. The molecule has 2 heterocycles. The van der Waals surface area contributed by atoms with Crippen molar-refractivity contribution in [3.63, 3.8) is 0 Å². The fourth-order valence-corrected chi connectivity index (χ4v) is 2.92. The van der Waals surface area contributed by atoms with E-state index in [1.807, 2.05) is 30.3 Å². The maximum Gasteiger partial charge on any atom is 0.315 e. The third kappa shape index (κ3) is 3.05. The van der Waals surface area contributed by atoms with E-state index in [-0.39, 0.29) is 11.9 Å². The summed E-state index contributed by atoms with van der Waals surface area (Å²) in [7, 11) is 0. The lowest BCUT2D eigenvalue weighted by Crippen LogP contribution is -2.26. The summed E-state index contributed by atoms with van der Waals surface area (Å²) in [5, 5.41) is 1.42. The second kappa shape index (κ2) is 6.15. The Morgan fingerprint density at radius 2 is 2.00 bits per heavy atom. The summed E-state index contributed by atoms with van der Waals surface area (Å²) in [4.78, 5) is 16.3. The molecule has 1 aromatic heterocycles. The predicted octanol–water partition coefficient (Wildman–Crippen LogP) is 3.14. The van der Waals surface area contributed by atoms with Gasteiger partial charge in [0.1, 0.15) is 5.01 Å². The summed E-state index contributed by atoms with van der Waals surface area (Å²) in [5.41, 5.74) is 1.03. The van der Waals surface area contributed by atoms with E-state index in [0.29, 0.717) is 18.3 Å². The van der Waals surface area contributed by atoms with Crippen LogP contribution in [0.3, 0.4) is 0 Å². The first-order chi connectivity index (χ1) is 9.83. The van der Waals surface area contributed by atoms with Crippen LogP contribution in [0.1, 0.15) is 12.8 Å². The van der Waals surface area contributed by atoms with Gasteiger partial charge in [-0.15, -0.1) is 0 Å². The molecule has 0 radical (unpaired) electrons. The van der Waals surface area contributed by atoms with Crippen LogP contribution in [0.5, 0.6) is 5.06 Å². The van der Waals surface area contributed by atoms with Crippen LogP contribution in [0.25, 0.3) is 10.6 Å². The number of hydrogen-bond acceptors (Lipinski definition) is 5. The molecule has 0 amide bonds. The molecule has 1 aromatic carbocycles. The second-order valence-corrected chi connectivity index (χ2v) is 5.65. The topological polar surface area (TPSA) is 48.4 Å². The second-order valence-electron chi connectivity index (χ2n) is 4.66. The summed E-state index contributed by atoms with van der Waals surface area (Å²) < 4.78 is 10.7. The largest absolute Gasteiger partial charge is 0.413 e. The fraction of sp³-hybridized carbons (Fsp3) is 0.333. The number of aromatic nitrogens is 1. The fourth-order valence-electron chi connectivity index (χ4n) is 2.14. The summed E-state index contributed by atoms with van der Waals surface area (Å²) in [6.45, 7) is 1.27. The highest BCUT2D eigenvalue weighted by atomic mass is 32.1. The van der Waals surface area contributed by atoms with Crippen molar-refractivity contribution in [2.24, 2.45) is 5.92 Å². The lowest BCUT2D eigenvalue weighted by Gasteiger charge is -2.19. The Morgan fingerprint density at radius 3 is 2.75 bits per heavy atom. The van der Waals surface area contributed by atoms with Crippen LogP contribution in [0, 0.1) is 5.92 Å². The number of esters is 1. The van der Waals surface area contributed by atoms with Crippen LogP contribution in [0.15, 0.2) is 36.5 Å². The molecule has 0 aliphatic carbocycles. The van der Waals surface area contributed by atoms with E-state index in [9.17, 15) is 4.79 Å². The molecule has 1 saturated heterocycles. The number of benzene rings is 1. The molecule has 1 fully saturated rings. The van der Waals surface area contributed by atoms with Gasteiger partial charge < -0.3 is 9.47 Å². The van der Waals surface area contributed by atoms with Gasteiger partial charge in [0.2, 0.25) is 5.06 Å². The van der Waals surface area contributed by atoms with E-state index in [1.165, 1.54) is 11.3 Å². The summed E-state index contributed by atoms with van der Waals surface area (Å²) in [6, 6.07) is 9.86. The Hall–Kier alpha value is -1.72. The van der Waals surface area contributed by atoms with Gasteiger partial charge in [0.15, 0.2) is 0 Å². The van der Waals surface area contributed by atoms with Crippen molar-refractivity contribution in [1.29, 1.82) is 0 Å². The van der Waals surface area contributed by atoms with Crippen LogP contribution in [0.4, 0.5) is 0 Å². The van der Waals surface area contributed by atoms with Crippen LogP contribution in [-0.4, -0.2) is 24.2 Å². The minimum Gasteiger partial charge on any atom is -0.413 e. The molecule has 0 saturated carbocycles. The van der Waals surface area contributed by atoms with Gasteiger partial charge in [0, 0.05) is 18.8 Å². The molecule has 20 heavy (non-hydrogen) atoms. The SMILES string of the molecule is O=C(Oc1cnc(-c2ccccc2)s1)C1CCOCC1. The maximum absolute atomic E-state index is 12.0. The van der Waals surface area contributed by atoms with Crippen LogP contribution >= 0.6 is 11.3 Å². The van der Waals surface area contributed by atoms with Gasteiger partial charge in [0.05, 0.1) is 12.1 Å². The van der Waals surface area contributed by atoms with E-state index < -0.39 is 0 Å². The maximum atomic E-state index is 12.0. The zero-order chi connectivity index (χ0) is 13.8. The molecule has 1 aliphatic heterocycles. The Kier molecular flexibility index (Phi) is 4.08. The van der Waals surface area contributed by atoms with Gasteiger partial charge in [-0.2, -0.15) is 0 Å². The van der Waals surface area contributed by atoms with Crippen LogP contribution in [0.2, 0.25) is 0 Å². The van der Waals surface area contributed by atoms with Gasteiger partial charge in [-0.1, -0.05) is 41.7 Å². The molecule has 0 N–H and O–H groups in total. The highest BCUT2D eigenvalue weighted by molar-refractivity contribution is 7.16. The average Bonchev–Trinajstić information content (AvgIpc) is 2.97. The van der Waals surface area contributed by atoms with E-state index in [0.717, 1.165) is 23.4 Å². The highest BCUT2D eigenvalue weighted by Gasteiger charge is 2.24. The molecule has 104 valence electrons. The number of carbonyl (C=O) groups excluding carboxylic acids is 1. The van der Waals surface area contributed by atoms with Crippen molar-refractivity contribution in [3.8, 4) is 15.6 Å². The monoisotopic (exact) mass is 289 g/mol. The standard InChI is InChI=1S/C15H15NO3S/c17-15(12-6-8-18-9-7-12)19-13-10-16-14(20-13)11-4-2-1-3-5-11/h1-5,10,12H,6-9H2. The molecule has 0 spiro atoms. The van der Waals surface area contributed by atoms with Gasteiger partial charge in [-0.3, -0.25) is 4.79 Å². The smallest absolute Gasteiger partial charge is 0.315 e. The van der Waals surface area contributed by atoms with Crippen molar-refractivity contribution < 1.29 is 14.3 Å². The molecule has 0 bridgehead atoms. The van der Waals surface area contributed by atoms with Crippen molar-refractivity contribution in [3.05, 3.63) is 36.5 Å². The van der Waals surface area contributed by atoms with E-state index in [2.05, 4.69) is 4.98 Å². The number of rotatable bonds is 3. The summed E-state index contributed by atoms with van der Waals surface area (Å²) >= 11 is 1.39. The first-order valence-electron chi connectivity index (χ1n) is 6.63. The average molecular weight is 289 g/mol. The normalized spacial score (nSPS) is 16.0. The third-order valence-corrected chi connectivity index (χ3v) is 4.19. The summed E-state index contributed by atoms with van der Waals surface area (Å²) in [5.74, 6) is -0.220. The predicted molar refractivity (Wildman–Crippen MR) is 76.7 cm³/mol. The first-order valence-corrected chi connectivity index (χ1v) is 7.45. The molecule has 0 unspecified atom stereocenters. The van der Waals surface area contributed by atoms with Crippen LogP contribution in [-0.2, 0) is 9.53 Å². The van der Waals surface area contributed by atoms with Crippen molar-refractivity contribution in [2.45, 2.75) is 12.8 Å².